The number of benzene rings is 2. The molecule has 0 spiro atoms. The third-order valence-electron chi connectivity index (χ3n) is 9.54. The fourth-order valence-electron chi connectivity index (χ4n) is 6.51. The number of carbonyl (C=O) groups excluding carboxylic acids is 3. The number of carboxylic acid groups (broad SMARTS) is 1. The number of ether oxygens (including phenoxy) is 2. The largest absolute Gasteiger partial charge is 0.483 e. The van der Waals surface area contributed by atoms with Crippen LogP contribution in [0.4, 0.5) is 10.3 Å². The molecule has 2 aromatic heterocycles. The number of aromatic nitrogens is 4. The van der Waals surface area contributed by atoms with E-state index in [0.717, 1.165) is 36.2 Å². The molecule has 4 N–H and O–H groups in total. The molecular weight excluding hydrogens is 691 g/mol. The fraction of sp³-hybridized carbons (Fsp3) is 0.417. The van der Waals surface area contributed by atoms with E-state index in [-0.39, 0.29) is 54.7 Å². The molecule has 16 nitrogen and oxygen atoms in total. The first-order valence-electron chi connectivity index (χ1n) is 17.2. The van der Waals surface area contributed by atoms with Gasteiger partial charge in [0.25, 0.3) is 24.2 Å². The Balaban J connectivity index is 0.00000155. The van der Waals surface area contributed by atoms with Gasteiger partial charge in [-0.25, -0.2) is 4.39 Å². The first-order chi connectivity index (χ1) is 25.5. The molecule has 17 heteroatoms. The van der Waals surface area contributed by atoms with Crippen molar-refractivity contribution in [1.82, 2.24) is 35.9 Å². The lowest BCUT2D eigenvalue weighted by molar-refractivity contribution is -0.124. The van der Waals surface area contributed by atoms with E-state index in [2.05, 4.69) is 31.0 Å². The fourth-order valence-corrected chi connectivity index (χ4v) is 6.51. The maximum absolute atomic E-state index is 14.9. The molecule has 4 aromatic rings. The van der Waals surface area contributed by atoms with Gasteiger partial charge in [0.05, 0.1) is 31.0 Å². The van der Waals surface area contributed by atoms with Crippen molar-refractivity contribution >= 4 is 30.1 Å². The molecule has 1 saturated heterocycles. The molecule has 0 radical (unpaired) electrons. The van der Waals surface area contributed by atoms with E-state index in [9.17, 15) is 18.8 Å². The van der Waals surface area contributed by atoms with Gasteiger partial charge in [-0.05, 0) is 74.2 Å². The quantitative estimate of drug-likeness (QED) is 0.217. The molecule has 0 unspecified atom stereocenters. The van der Waals surface area contributed by atoms with E-state index in [4.69, 9.17) is 23.9 Å². The Morgan fingerprint density at radius 1 is 1.11 bits per heavy atom. The standard InChI is InChI=1S/C35H39FN8O6.CH2O2/c1-19-28(20(2)41-40-19)15-37-32(46)23-11-24-13-27(12-23)49-26-10-21(9-25(36)14-26)18-48-30-7-8-44(35-39-33(50-42-35)22-5-4-6-22)16-29(30)38-31(45)17-43(3)34(24)47;2-1-3/h9-14,22,29-30H,4-8,15-18H2,1-3H3,(H,37,46)(H,38,45)(H,40,41);1H,(H,2,3)/t29-,30+;/m1./s1. The molecule has 53 heavy (non-hydrogen) atoms. The number of nitrogens with zero attached hydrogens (tertiary/aromatic N) is 5. The van der Waals surface area contributed by atoms with Gasteiger partial charge in [-0.3, -0.25) is 24.3 Å². The number of anilines is 1. The van der Waals surface area contributed by atoms with Crippen molar-refractivity contribution in [2.45, 2.75) is 70.7 Å². The highest BCUT2D eigenvalue weighted by Gasteiger charge is 2.35. The van der Waals surface area contributed by atoms with Crippen molar-refractivity contribution in [2.75, 3.05) is 31.6 Å². The highest BCUT2D eigenvalue weighted by molar-refractivity contribution is 6.01. The molecule has 4 heterocycles. The van der Waals surface area contributed by atoms with E-state index in [1.54, 1.807) is 6.07 Å². The number of H-pyrrole nitrogens is 1. The zero-order valence-corrected chi connectivity index (χ0v) is 29.6. The lowest BCUT2D eigenvalue weighted by Crippen LogP contribution is -2.57. The summed E-state index contributed by atoms with van der Waals surface area (Å²) in [6.45, 7) is 4.35. The molecule has 2 fully saturated rings. The number of amides is 3. The van der Waals surface area contributed by atoms with Crippen LogP contribution in [-0.4, -0.2) is 93.4 Å². The Labute approximate surface area is 304 Å². The second-order valence-electron chi connectivity index (χ2n) is 13.3. The predicted octanol–water partition coefficient (Wildman–Crippen LogP) is 3.61. The summed E-state index contributed by atoms with van der Waals surface area (Å²) in [5.41, 5.74) is 3.22. The molecule has 2 atom stereocenters. The van der Waals surface area contributed by atoms with Crippen LogP contribution in [0.1, 0.15) is 80.7 Å². The number of likely N-dealkylation sites (N-methyl/N-ethyl adjacent to an activating group) is 1. The van der Waals surface area contributed by atoms with Crippen molar-refractivity contribution < 1.29 is 42.7 Å². The normalized spacial score (nSPS) is 19.2. The highest BCUT2D eigenvalue weighted by Crippen LogP contribution is 2.36. The third-order valence-corrected chi connectivity index (χ3v) is 9.54. The lowest BCUT2D eigenvalue weighted by atomic mass is 9.85. The van der Waals surface area contributed by atoms with Crippen LogP contribution >= 0.6 is 0 Å². The minimum Gasteiger partial charge on any atom is -0.483 e. The Hall–Kier alpha value is -5.84. The minimum atomic E-state index is -0.544. The summed E-state index contributed by atoms with van der Waals surface area (Å²) in [5, 5.41) is 24.1. The monoisotopic (exact) mass is 732 g/mol. The number of hydrogen-bond donors (Lipinski definition) is 4. The average Bonchev–Trinajstić information content (AvgIpc) is 3.70. The van der Waals surface area contributed by atoms with Crippen LogP contribution in [-0.2, 0) is 27.5 Å². The van der Waals surface area contributed by atoms with Gasteiger partial charge in [0.2, 0.25) is 11.8 Å². The Kier molecular flexibility index (Phi) is 11.3. The number of nitrogens with one attached hydrogen (secondary N) is 3. The van der Waals surface area contributed by atoms with Gasteiger partial charge in [-0.1, -0.05) is 6.42 Å². The number of fused-ring (bicyclic) bond motifs is 5. The van der Waals surface area contributed by atoms with Gasteiger partial charge in [-0.2, -0.15) is 10.1 Å². The summed E-state index contributed by atoms with van der Waals surface area (Å²) < 4.78 is 32.8. The van der Waals surface area contributed by atoms with Gasteiger partial charge < -0.3 is 39.5 Å². The van der Waals surface area contributed by atoms with Gasteiger partial charge in [0, 0.05) is 61.1 Å². The second kappa shape index (κ2) is 16.2. The summed E-state index contributed by atoms with van der Waals surface area (Å²) in [4.78, 5) is 56.7. The Morgan fingerprint density at radius 3 is 2.60 bits per heavy atom. The first kappa shape index (κ1) is 36.9. The molecular formula is C36H41FN8O8. The molecule has 2 aromatic carbocycles. The maximum atomic E-state index is 14.9. The molecule has 2 aliphatic heterocycles. The molecule has 7 rings (SSSR count). The number of hydrogen-bond acceptors (Lipinski definition) is 11. The molecule has 3 aliphatic rings. The van der Waals surface area contributed by atoms with Crippen molar-refractivity contribution in [1.29, 1.82) is 0 Å². The summed E-state index contributed by atoms with van der Waals surface area (Å²) in [6.07, 6.45) is 3.31. The number of rotatable bonds is 5. The van der Waals surface area contributed by atoms with Crippen molar-refractivity contribution in [3.05, 3.63) is 81.7 Å². The zero-order chi connectivity index (χ0) is 37.6. The van der Waals surface area contributed by atoms with Crippen molar-refractivity contribution in [2.24, 2.45) is 0 Å². The minimum absolute atomic E-state index is 0.0537. The highest BCUT2D eigenvalue weighted by atomic mass is 19.1. The Morgan fingerprint density at radius 2 is 1.89 bits per heavy atom. The van der Waals surface area contributed by atoms with Crippen LogP contribution in [0.2, 0.25) is 0 Å². The SMILES string of the molecule is Cc1n[nH]c(C)c1CNC(=O)c1cc2cc(c1)C(=O)N(C)CC(=O)N[C@@H]1CN(c3noc(C4CCC4)n3)CC[C@@H]1OCc1cc(F)cc(c1)O2.O=CO. The van der Waals surface area contributed by atoms with Crippen LogP contribution in [0.15, 0.2) is 40.9 Å². The van der Waals surface area contributed by atoms with Gasteiger partial charge >= 0.3 is 0 Å². The van der Waals surface area contributed by atoms with Gasteiger partial charge in [0.1, 0.15) is 17.3 Å². The molecule has 1 saturated carbocycles. The van der Waals surface area contributed by atoms with E-state index in [0.29, 0.717) is 36.9 Å². The third kappa shape index (κ3) is 8.80. The van der Waals surface area contributed by atoms with Crippen LogP contribution in [0.25, 0.3) is 0 Å². The van der Waals surface area contributed by atoms with E-state index in [1.807, 2.05) is 18.7 Å². The summed E-state index contributed by atoms with van der Waals surface area (Å²) in [5.74, 6) is -0.224. The summed E-state index contributed by atoms with van der Waals surface area (Å²) >= 11 is 0. The van der Waals surface area contributed by atoms with Gasteiger partial charge in [0.15, 0.2) is 0 Å². The van der Waals surface area contributed by atoms with E-state index < -0.39 is 35.7 Å². The molecule has 3 amide bonds. The van der Waals surface area contributed by atoms with Crippen molar-refractivity contribution in [3.8, 4) is 11.5 Å². The van der Waals surface area contributed by atoms with Crippen molar-refractivity contribution in [3.63, 3.8) is 0 Å². The topological polar surface area (TPSA) is 205 Å². The molecule has 280 valence electrons. The lowest BCUT2D eigenvalue weighted by Gasteiger charge is -2.38. The average molecular weight is 733 g/mol. The number of carbonyl (C=O) groups is 4. The summed E-state index contributed by atoms with van der Waals surface area (Å²) in [6, 6.07) is 8.11. The van der Waals surface area contributed by atoms with E-state index >= 15 is 0 Å². The molecule has 4 bridgehead atoms. The number of aryl methyl sites for hydroxylation is 2. The zero-order valence-electron chi connectivity index (χ0n) is 29.6. The maximum Gasteiger partial charge on any atom is 0.290 e. The summed E-state index contributed by atoms with van der Waals surface area (Å²) in [7, 11) is 1.50. The first-order valence-corrected chi connectivity index (χ1v) is 17.2. The van der Waals surface area contributed by atoms with Crippen LogP contribution in [0.5, 0.6) is 11.5 Å². The molecule has 1 aliphatic carbocycles. The number of halogens is 1. The number of piperidine rings is 1. The van der Waals surface area contributed by atoms with Gasteiger partial charge in [-0.15, -0.1) is 0 Å². The van der Waals surface area contributed by atoms with Crippen LogP contribution < -0.4 is 20.3 Å². The van der Waals surface area contributed by atoms with E-state index in [1.165, 1.54) is 42.3 Å². The number of aromatic amines is 1. The van der Waals surface area contributed by atoms with Crippen LogP contribution in [0, 0.1) is 19.7 Å². The smallest absolute Gasteiger partial charge is 0.290 e. The van der Waals surface area contributed by atoms with Crippen LogP contribution in [0.3, 0.4) is 0 Å². The Bertz CT molecular complexity index is 1960. The second-order valence-corrected chi connectivity index (χ2v) is 13.3. The predicted molar refractivity (Wildman–Crippen MR) is 186 cm³/mol.